The summed E-state index contributed by atoms with van der Waals surface area (Å²) in [6.45, 7) is -4.78. The number of carboxylic acids is 3. The number of amides is 1. The summed E-state index contributed by atoms with van der Waals surface area (Å²) in [5.74, 6) is -9.86. The van der Waals surface area contributed by atoms with Crippen LogP contribution in [0.15, 0.2) is 18.6 Å². The van der Waals surface area contributed by atoms with E-state index in [0.29, 0.717) is 4.90 Å². The molecule has 0 radical (unpaired) electrons. The summed E-state index contributed by atoms with van der Waals surface area (Å²) in [6.07, 6.45) is -2.46. The van der Waals surface area contributed by atoms with E-state index in [0.717, 1.165) is 0 Å². The highest BCUT2D eigenvalue weighted by Gasteiger charge is 2.40. The quantitative estimate of drug-likeness (QED) is 0.303. The van der Waals surface area contributed by atoms with Crippen molar-refractivity contribution in [2.45, 2.75) is 37.7 Å². The molecular formula is C22H28N6O8. The number of nitrogens with one attached hydrogen (secondary N) is 1. The molecule has 0 aromatic carbocycles. The van der Waals surface area contributed by atoms with E-state index < -0.39 is 106 Å². The third-order valence-electron chi connectivity index (χ3n) is 4.63. The normalized spacial score (nSPS) is 28.1. The summed E-state index contributed by atoms with van der Waals surface area (Å²) in [4.78, 5) is 56.7. The number of likely N-dealkylation sites (N-methyl/N-ethyl adjacent to an activating group) is 1. The first-order valence-electron chi connectivity index (χ1n) is 15.4. The van der Waals surface area contributed by atoms with Crippen LogP contribution in [0.2, 0.25) is 0 Å². The molecule has 1 amide bonds. The van der Waals surface area contributed by atoms with Gasteiger partial charge in [0.25, 0.3) is 6.54 Å². The zero-order chi connectivity index (χ0) is 36.6. The van der Waals surface area contributed by atoms with Crippen molar-refractivity contribution in [3.63, 3.8) is 0 Å². The van der Waals surface area contributed by atoms with E-state index >= 15 is 0 Å². The number of piperidine rings is 1. The molecule has 2 aromatic rings. The molecule has 5 N–H and O–H groups in total. The van der Waals surface area contributed by atoms with Crippen LogP contribution in [0.1, 0.15) is 41.2 Å². The van der Waals surface area contributed by atoms with Gasteiger partial charge in [-0.05, 0) is 18.4 Å². The molecule has 0 saturated carbocycles. The number of hydrogen-bond acceptors (Lipinski definition) is 8. The first-order chi connectivity index (χ1) is 21.2. The molecule has 3 rings (SSSR count). The van der Waals surface area contributed by atoms with Crippen LogP contribution in [-0.2, 0) is 19.2 Å². The molecule has 1 aliphatic rings. The highest BCUT2D eigenvalue weighted by molar-refractivity contribution is 5.88. The number of fused-ring (bicyclic) bond motifs is 1. The number of aliphatic carboxylic acids is 3. The highest BCUT2D eigenvalue weighted by Crippen LogP contribution is 2.28. The van der Waals surface area contributed by atoms with Crippen molar-refractivity contribution in [3.8, 4) is 0 Å². The van der Waals surface area contributed by atoms with Gasteiger partial charge >= 0.3 is 23.8 Å². The number of aliphatic hydroxyl groups is 1. The van der Waals surface area contributed by atoms with Crippen molar-refractivity contribution >= 4 is 40.7 Å². The van der Waals surface area contributed by atoms with Crippen LogP contribution >= 0.6 is 0 Å². The van der Waals surface area contributed by atoms with Gasteiger partial charge in [0.2, 0.25) is 0 Å². The van der Waals surface area contributed by atoms with Crippen LogP contribution in [-0.4, -0.2) is 102 Å². The average Bonchev–Trinajstić information content (AvgIpc) is 3.34. The molecular weight excluding hydrogens is 476 g/mol. The van der Waals surface area contributed by atoms with E-state index in [2.05, 4.69) is 19.8 Å². The fourth-order valence-electron chi connectivity index (χ4n) is 2.92. The van der Waals surface area contributed by atoms with E-state index in [1.807, 2.05) is 0 Å². The van der Waals surface area contributed by atoms with Crippen LogP contribution in [0.5, 0.6) is 0 Å². The Hall–Kier alpha value is -4.25. The molecule has 14 nitrogen and oxygen atoms in total. The Morgan fingerprint density at radius 1 is 1.36 bits per heavy atom. The van der Waals surface area contributed by atoms with Crippen molar-refractivity contribution in [1.29, 1.82) is 0 Å². The van der Waals surface area contributed by atoms with Gasteiger partial charge in [-0.1, -0.05) is 6.85 Å². The molecule has 1 fully saturated rings. The third-order valence-corrected chi connectivity index (χ3v) is 4.63. The number of carbonyl (C=O) groups excluding carboxylic acids is 1. The average molecular weight is 516 g/mol. The molecule has 1 aliphatic heterocycles. The number of hydrogen-bond donors (Lipinski definition) is 5. The van der Waals surface area contributed by atoms with Crippen molar-refractivity contribution in [1.82, 2.24) is 19.9 Å². The van der Waals surface area contributed by atoms with Gasteiger partial charge < -0.3 is 40.1 Å². The summed E-state index contributed by atoms with van der Waals surface area (Å²) in [5.41, 5.74) is -2.77. The number of aromatic nitrogens is 3. The number of carboxylic acid groups (broad SMARTS) is 3. The molecule has 194 valence electrons. The van der Waals surface area contributed by atoms with E-state index in [1.54, 1.807) is 0 Å². The summed E-state index contributed by atoms with van der Waals surface area (Å²) < 4.78 is 91.5. The van der Waals surface area contributed by atoms with Gasteiger partial charge in [-0.15, -0.1) is 0 Å². The summed E-state index contributed by atoms with van der Waals surface area (Å²) >= 11 is 0. The lowest BCUT2D eigenvalue weighted by molar-refractivity contribution is -0.170. The topological polar surface area (TPSA) is 202 Å². The number of carbonyl (C=O) groups is 4. The Balaban J connectivity index is 0.000000500. The molecule has 0 bridgehead atoms. The predicted molar refractivity (Wildman–Crippen MR) is 125 cm³/mol. The molecule has 3 heterocycles. The van der Waals surface area contributed by atoms with E-state index in [1.165, 1.54) is 12.3 Å². The van der Waals surface area contributed by atoms with E-state index in [4.69, 9.17) is 40.7 Å². The minimum atomic E-state index is -3.50. The van der Waals surface area contributed by atoms with Crippen molar-refractivity contribution in [2.24, 2.45) is 5.89 Å². The van der Waals surface area contributed by atoms with Gasteiger partial charge in [0, 0.05) is 35.8 Å². The SMILES string of the molecule is O=C(O)CC(O)(CC(=O)O)C(=O)O.[2H]c1nc(N(C([2H])([2H])[2H])[C@@]2([2H])C([2H])([2H])N(C(=O)C[N+]#[C-])CC[C@@]2([2H])C([2H])([2H])[2H])c2cc[nH]c2n1. The Morgan fingerprint density at radius 3 is 2.61 bits per heavy atom. The zero-order valence-corrected chi connectivity index (χ0v) is 18.3. The monoisotopic (exact) mass is 515 g/mol. The van der Waals surface area contributed by atoms with E-state index in [-0.39, 0.29) is 15.9 Å². The second-order valence-electron chi connectivity index (χ2n) is 7.25. The minimum absolute atomic E-state index is 0.0328. The molecule has 0 spiro atoms. The number of nitrogens with zero attached hydrogens (tertiary/aromatic N) is 5. The number of rotatable bonds is 8. The van der Waals surface area contributed by atoms with Crippen LogP contribution in [0, 0.1) is 12.5 Å². The Bertz CT molecular complexity index is 1580. The molecule has 0 aliphatic carbocycles. The lowest BCUT2D eigenvalue weighted by Crippen LogP contribution is -2.53. The van der Waals surface area contributed by atoms with Crippen LogP contribution in [0.4, 0.5) is 5.82 Å². The fourth-order valence-corrected chi connectivity index (χ4v) is 2.92. The number of aromatic amines is 1. The minimum Gasteiger partial charge on any atom is -0.481 e. The second kappa shape index (κ2) is 11.9. The second-order valence-corrected chi connectivity index (χ2v) is 7.25. The van der Waals surface area contributed by atoms with Gasteiger partial charge in [-0.3, -0.25) is 14.4 Å². The zero-order valence-electron chi connectivity index (χ0n) is 29.3. The maximum Gasteiger partial charge on any atom is 0.336 e. The first-order valence-corrected chi connectivity index (χ1v) is 9.86. The molecule has 14 heteroatoms. The number of likely N-dealkylation sites (tertiary alicyclic amines) is 1. The van der Waals surface area contributed by atoms with E-state index in [9.17, 15) is 20.5 Å². The molecule has 36 heavy (non-hydrogen) atoms. The lowest BCUT2D eigenvalue weighted by atomic mass is 9.92. The first kappa shape index (κ1) is 15.7. The van der Waals surface area contributed by atoms with Crippen molar-refractivity contribution in [3.05, 3.63) is 30.0 Å². The van der Waals surface area contributed by atoms with Crippen molar-refractivity contribution < 1.29 is 54.7 Å². The lowest BCUT2D eigenvalue weighted by Gasteiger charge is -2.41. The van der Waals surface area contributed by atoms with Crippen molar-refractivity contribution in [2.75, 3.05) is 31.5 Å². The maximum absolute atomic E-state index is 12.6. The standard InChI is InChI=1S/C16H20N6O.C6H8O7/c1-11-5-7-22(14(23)8-17-2)9-13(11)21(3)16-12-4-6-18-15(12)19-10-20-16;7-3(8)1-6(13,5(11)12)2-4(9)10/h4,6,10-11,13H,5,7-9H2,1,3H3,(H,18,19,20);13H,1-2H2,(H,7,8)(H,9,10)(H,11,12)/t11-,13+;/m1./s1/i1D3,3D3,9D2,10D,11D,13D;. The maximum atomic E-state index is 12.6. The summed E-state index contributed by atoms with van der Waals surface area (Å²) in [5, 5.41) is 33.7. The molecule has 2 atom stereocenters. The smallest absolute Gasteiger partial charge is 0.336 e. The summed E-state index contributed by atoms with van der Waals surface area (Å²) in [7, 11) is 0. The van der Waals surface area contributed by atoms with Gasteiger partial charge in [0.15, 0.2) is 5.60 Å². The Morgan fingerprint density at radius 2 is 2.06 bits per heavy atom. The fraction of sp³-hybridized carbons (Fsp3) is 0.500. The molecule has 1 saturated heterocycles. The number of H-pyrrole nitrogens is 1. The van der Waals surface area contributed by atoms with Crippen LogP contribution < -0.4 is 4.90 Å². The van der Waals surface area contributed by atoms with Gasteiger partial charge in [0.1, 0.15) is 19.1 Å². The predicted octanol–water partition coefficient (Wildman–Crippen LogP) is 0.302. The Kier molecular flexibility index (Phi) is 5.20. The highest BCUT2D eigenvalue weighted by atomic mass is 16.4. The van der Waals surface area contributed by atoms with Gasteiger partial charge in [-0.2, -0.15) is 0 Å². The largest absolute Gasteiger partial charge is 0.481 e. The molecule has 2 aromatic heterocycles. The Labute approximate surface area is 221 Å². The van der Waals surface area contributed by atoms with Gasteiger partial charge in [-0.25, -0.2) is 21.3 Å². The third kappa shape index (κ3) is 6.89. The van der Waals surface area contributed by atoms with Gasteiger partial charge in [0.05, 0.1) is 28.4 Å². The van der Waals surface area contributed by atoms with Crippen LogP contribution in [0.25, 0.3) is 15.9 Å². The molecule has 0 unspecified atom stereocenters. The summed E-state index contributed by atoms with van der Waals surface area (Å²) in [6, 6.07) is -2.20. The van der Waals surface area contributed by atoms with Crippen LogP contribution in [0.3, 0.4) is 0 Å². The number of anilines is 1.